The molecule has 124 valence electrons. The van der Waals surface area contributed by atoms with E-state index in [1.807, 2.05) is 0 Å². The summed E-state index contributed by atoms with van der Waals surface area (Å²) in [7, 11) is 0. The predicted molar refractivity (Wildman–Crippen MR) is 85.5 cm³/mol. The summed E-state index contributed by atoms with van der Waals surface area (Å²) < 4.78 is 13.7. The Morgan fingerprint density at radius 1 is 1.18 bits per heavy atom. The van der Waals surface area contributed by atoms with Crippen LogP contribution in [0.15, 0.2) is 0 Å². The van der Waals surface area contributed by atoms with E-state index in [0.717, 1.165) is 25.9 Å². The van der Waals surface area contributed by atoms with Crippen LogP contribution in [0.25, 0.3) is 0 Å². The van der Waals surface area contributed by atoms with E-state index in [9.17, 15) is 14.1 Å². The van der Waals surface area contributed by atoms with Gasteiger partial charge in [-0.25, -0.2) is 0 Å². The Kier molecular flexibility index (Phi) is 12.2. The summed E-state index contributed by atoms with van der Waals surface area (Å²) in [5, 5.41) is 8.80. The summed E-state index contributed by atoms with van der Waals surface area (Å²) >= 11 is 0. The van der Waals surface area contributed by atoms with Gasteiger partial charge in [-0.1, -0.05) is 24.2 Å². The molecule has 0 spiro atoms. The van der Waals surface area contributed by atoms with E-state index in [-0.39, 0.29) is 48.4 Å². The summed E-state index contributed by atoms with van der Waals surface area (Å²) in [5.74, 6) is -1.62. The van der Waals surface area contributed by atoms with Crippen LogP contribution in [0, 0.1) is 5.92 Å². The number of amides is 1. The van der Waals surface area contributed by atoms with Crippen molar-refractivity contribution in [1.82, 2.24) is 10.0 Å². The van der Waals surface area contributed by atoms with E-state index in [4.69, 9.17) is 5.11 Å². The van der Waals surface area contributed by atoms with E-state index >= 15 is 0 Å². The first kappa shape index (κ1) is 21.8. The normalized spacial score (nSPS) is 16.6. The van der Waals surface area contributed by atoms with Gasteiger partial charge in [0.25, 0.3) is 5.91 Å². The number of aliphatic carboxylic acids is 1. The Labute approximate surface area is 154 Å². The van der Waals surface area contributed by atoms with Gasteiger partial charge in [0.2, 0.25) is 0 Å². The van der Waals surface area contributed by atoms with Crippen molar-refractivity contribution in [3.63, 3.8) is 0 Å². The molecule has 1 heterocycles. The Morgan fingerprint density at radius 3 is 2.41 bits per heavy atom. The Bertz CT molecular complexity index is 339. The van der Waals surface area contributed by atoms with E-state index in [0.29, 0.717) is 30.9 Å². The number of carbonyl (C=O) groups is 2. The van der Waals surface area contributed by atoms with Crippen LogP contribution < -0.4 is 0 Å². The number of halogens is 1. The topological polar surface area (TPSA) is 60.9 Å². The van der Waals surface area contributed by atoms with Gasteiger partial charge in [-0.2, -0.15) is 5.12 Å². The molecule has 0 bridgehead atoms. The minimum absolute atomic E-state index is 0. The second kappa shape index (κ2) is 12.3. The molecule has 0 aromatic rings. The molecule has 1 atom stereocenters. The molecule has 1 rings (SSSR count). The van der Waals surface area contributed by atoms with Crippen LogP contribution in [-0.2, 0) is 9.59 Å². The number of nitrogens with zero attached hydrogens (tertiary/aromatic N) is 2. The molecule has 22 heavy (non-hydrogen) atoms. The number of likely N-dealkylation sites (tertiary alicyclic amines) is 1. The van der Waals surface area contributed by atoms with Gasteiger partial charge in [0, 0.05) is 13.0 Å². The maximum atomic E-state index is 13.7. The number of hydrogen-bond donors (Lipinski definition) is 1. The molecule has 1 aliphatic heterocycles. The third-order valence-corrected chi connectivity index (χ3v) is 3.89. The van der Waals surface area contributed by atoms with Gasteiger partial charge in [-0.05, 0) is 38.8 Å². The van der Waals surface area contributed by atoms with Crippen LogP contribution in [0.2, 0.25) is 0 Å². The molecule has 0 radical (unpaired) electrons. The fourth-order valence-corrected chi connectivity index (χ4v) is 2.66. The van der Waals surface area contributed by atoms with Gasteiger partial charge in [0.15, 0.2) is 0 Å². The number of unbranched alkanes of at least 4 members (excludes halogenated alkanes) is 2. The zero-order valence-electron chi connectivity index (χ0n) is 12.9. The van der Waals surface area contributed by atoms with Crippen molar-refractivity contribution in [1.29, 1.82) is 0 Å². The van der Waals surface area contributed by atoms with Gasteiger partial charge in [0.05, 0.1) is 12.5 Å². The molecule has 1 unspecified atom stereocenters. The Hall–Kier alpha value is -0.170. The number of rotatable bonds is 9. The second-order valence-corrected chi connectivity index (χ2v) is 5.89. The SMILES string of the molecule is CC(CN1CCCCC1)C(=O)N(F)CCCCCC(=O)O.[NaH]. The summed E-state index contributed by atoms with van der Waals surface area (Å²) in [4.78, 5) is 24.5. The minimum atomic E-state index is -0.835. The Balaban J connectivity index is 0.00000441. The summed E-state index contributed by atoms with van der Waals surface area (Å²) in [6.07, 6.45) is 5.32. The van der Waals surface area contributed by atoms with Crippen molar-refractivity contribution >= 4 is 41.4 Å². The van der Waals surface area contributed by atoms with Crippen molar-refractivity contribution in [2.24, 2.45) is 5.92 Å². The number of hydrogen-bond acceptors (Lipinski definition) is 3. The fraction of sp³-hybridized carbons (Fsp3) is 0.867. The van der Waals surface area contributed by atoms with Gasteiger partial charge in [0.1, 0.15) is 0 Å². The molecule has 1 N–H and O–H groups in total. The number of carbonyl (C=O) groups excluding carboxylic acids is 1. The van der Waals surface area contributed by atoms with E-state index in [2.05, 4.69) is 4.90 Å². The average Bonchev–Trinajstić information content (AvgIpc) is 2.46. The van der Waals surface area contributed by atoms with Crippen LogP contribution >= 0.6 is 0 Å². The number of piperidine rings is 1. The molecule has 1 saturated heterocycles. The van der Waals surface area contributed by atoms with Crippen molar-refractivity contribution < 1.29 is 19.2 Å². The van der Waals surface area contributed by atoms with Crippen LogP contribution in [0.1, 0.15) is 51.9 Å². The molecule has 1 fully saturated rings. The second-order valence-electron chi connectivity index (χ2n) is 5.89. The van der Waals surface area contributed by atoms with Crippen molar-refractivity contribution in [2.45, 2.75) is 51.9 Å². The average molecular weight is 326 g/mol. The van der Waals surface area contributed by atoms with Crippen molar-refractivity contribution in [3.05, 3.63) is 0 Å². The summed E-state index contributed by atoms with van der Waals surface area (Å²) in [6.45, 7) is 4.45. The maximum absolute atomic E-state index is 13.7. The van der Waals surface area contributed by atoms with Crippen LogP contribution in [0.3, 0.4) is 0 Å². The molecule has 0 aromatic heterocycles. The van der Waals surface area contributed by atoms with Gasteiger partial charge in [-0.3, -0.25) is 9.59 Å². The van der Waals surface area contributed by atoms with Crippen LogP contribution in [0.4, 0.5) is 4.48 Å². The molecule has 5 nitrogen and oxygen atoms in total. The molecule has 0 saturated carbocycles. The van der Waals surface area contributed by atoms with Gasteiger partial charge in [-0.15, -0.1) is 0 Å². The molecular formula is C15H28FN2NaO3. The number of carboxylic acids is 1. The third kappa shape index (κ3) is 9.08. The quantitative estimate of drug-likeness (QED) is 0.399. The molecule has 0 aliphatic carbocycles. The first-order chi connectivity index (χ1) is 10.0. The molecule has 1 amide bonds. The standard InChI is InChI=1S/C15H27FN2O3.Na.H/c1-13(12-17-9-5-3-6-10-17)15(21)18(16)11-7-2-4-8-14(19)20;;/h13H,2-12H2,1H3,(H,19,20);;. The molecule has 7 heteroatoms. The van der Waals surface area contributed by atoms with E-state index in [1.165, 1.54) is 6.42 Å². The summed E-state index contributed by atoms with van der Waals surface area (Å²) in [5.41, 5.74) is 0. The van der Waals surface area contributed by atoms with Crippen LogP contribution in [-0.4, -0.2) is 82.7 Å². The Morgan fingerprint density at radius 2 is 1.82 bits per heavy atom. The van der Waals surface area contributed by atoms with Crippen molar-refractivity contribution in [2.75, 3.05) is 26.2 Å². The third-order valence-electron chi connectivity index (χ3n) is 3.89. The monoisotopic (exact) mass is 326 g/mol. The zero-order chi connectivity index (χ0) is 15.7. The van der Waals surface area contributed by atoms with Gasteiger partial charge < -0.3 is 10.0 Å². The van der Waals surface area contributed by atoms with E-state index < -0.39 is 11.9 Å². The van der Waals surface area contributed by atoms with Gasteiger partial charge >= 0.3 is 35.5 Å². The fourth-order valence-electron chi connectivity index (χ4n) is 2.66. The molecule has 1 aliphatic rings. The molecular weight excluding hydrogens is 298 g/mol. The zero-order valence-corrected chi connectivity index (χ0v) is 12.9. The number of carboxylic acid groups (broad SMARTS) is 1. The first-order valence-corrected chi connectivity index (χ1v) is 7.92. The van der Waals surface area contributed by atoms with E-state index in [1.54, 1.807) is 6.92 Å². The van der Waals surface area contributed by atoms with Crippen LogP contribution in [0.5, 0.6) is 0 Å². The summed E-state index contributed by atoms with van der Waals surface area (Å²) in [6, 6.07) is 0. The molecule has 0 aromatic carbocycles. The predicted octanol–water partition coefficient (Wildman–Crippen LogP) is 1.82. The van der Waals surface area contributed by atoms with Crippen molar-refractivity contribution in [3.8, 4) is 0 Å². The first-order valence-electron chi connectivity index (χ1n) is 7.92.